The van der Waals surface area contributed by atoms with Crippen molar-refractivity contribution in [1.82, 2.24) is 25.0 Å². The molecule has 7 nitrogen and oxygen atoms in total. The van der Waals surface area contributed by atoms with Crippen LogP contribution >= 0.6 is 0 Å². The maximum atomic E-state index is 13.7. The van der Waals surface area contributed by atoms with Gasteiger partial charge in [-0.1, -0.05) is 11.2 Å². The highest BCUT2D eigenvalue weighted by Gasteiger charge is 2.37. The largest absolute Gasteiger partial charge is 0.338 e. The van der Waals surface area contributed by atoms with Crippen molar-refractivity contribution in [1.29, 1.82) is 0 Å². The van der Waals surface area contributed by atoms with Crippen molar-refractivity contribution in [3.63, 3.8) is 0 Å². The molecule has 0 aliphatic carbocycles. The van der Waals surface area contributed by atoms with E-state index in [0.29, 0.717) is 17.4 Å². The topological polar surface area (TPSA) is 85.0 Å². The molecule has 2 aromatic heterocycles. The van der Waals surface area contributed by atoms with E-state index in [4.69, 9.17) is 4.52 Å². The van der Waals surface area contributed by atoms with Crippen LogP contribution < -0.4 is 0 Å². The van der Waals surface area contributed by atoms with Crippen LogP contribution in [0.1, 0.15) is 22.2 Å². The lowest BCUT2D eigenvalue weighted by molar-refractivity contribution is 0.0559. The van der Waals surface area contributed by atoms with Crippen LogP contribution in [0.3, 0.4) is 0 Å². The highest BCUT2D eigenvalue weighted by atomic mass is 19.1. The van der Waals surface area contributed by atoms with Crippen molar-refractivity contribution in [2.75, 3.05) is 13.1 Å². The Morgan fingerprint density at radius 1 is 1.20 bits per heavy atom. The summed E-state index contributed by atoms with van der Waals surface area (Å²) in [6, 6.07) is 3.32. The van der Waals surface area contributed by atoms with Crippen molar-refractivity contribution >= 4 is 5.91 Å². The molecule has 25 heavy (non-hydrogen) atoms. The van der Waals surface area contributed by atoms with Crippen molar-refractivity contribution in [2.45, 2.75) is 5.92 Å². The van der Waals surface area contributed by atoms with Crippen LogP contribution in [0.4, 0.5) is 8.78 Å². The van der Waals surface area contributed by atoms with Gasteiger partial charge in [0.2, 0.25) is 11.7 Å². The summed E-state index contributed by atoms with van der Waals surface area (Å²) in [7, 11) is 0. The lowest BCUT2D eigenvalue weighted by Gasteiger charge is -2.37. The van der Waals surface area contributed by atoms with Gasteiger partial charge in [0.1, 0.15) is 22.9 Å². The molecule has 3 aromatic rings. The Hall–Kier alpha value is -3.23. The molecule has 3 heterocycles. The Morgan fingerprint density at radius 2 is 1.96 bits per heavy atom. The quantitative estimate of drug-likeness (QED) is 0.723. The van der Waals surface area contributed by atoms with E-state index in [0.717, 1.165) is 12.1 Å². The summed E-state index contributed by atoms with van der Waals surface area (Å²) in [5, 5.41) is 3.83. The predicted octanol–water partition coefficient (Wildman–Crippen LogP) is 2.04. The maximum Gasteiger partial charge on any atom is 0.259 e. The van der Waals surface area contributed by atoms with Crippen molar-refractivity contribution in [3.8, 4) is 11.5 Å². The van der Waals surface area contributed by atoms with E-state index in [1.54, 1.807) is 0 Å². The Balaban J connectivity index is 1.46. The summed E-state index contributed by atoms with van der Waals surface area (Å²) >= 11 is 0. The first kappa shape index (κ1) is 15.3. The zero-order valence-electron chi connectivity index (χ0n) is 12.8. The fourth-order valence-corrected chi connectivity index (χ4v) is 2.58. The summed E-state index contributed by atoms with van der Waals surface area (Å²) in [4.78, 5) is 25.8. The van der Waals surface area contributed by atoms with Gasteiger partial charge in [0.25, 0.3) is 5.91 Å². The highest BCUT2D eigenvalue weighted by Crippen LogP contribution is 2.29. The molecule has 1 saturated heterocycles. The summed E-state index contributed by atoms with van der Waals surface area (Å²) in [6.07, 6.45) is 4.55. The lowest BCUT2D eigenvalue weighted by Crippen LogP contribution is -2.49. The summed E-state index contributed by atoms with van der Waals surface area (Å²) in [6.45, 7) is 0.490. The molecule has 1 aromatic carbocycles. The average molecular weight is 343 g/mol. The second-order valence-corrected chi connectivity index (χ2v) is 5.55. The first-order chi connectivity index (χ1) is 12.1. The molecular formula is C16H11F2N5O2. The number of hydrogen-bond acceptors (Lipinski definition) is 6. The van der Waals surface area contributed by atoms with Gasteiger partial charge in [-0.25, -0.2) is 13.8 Å². The Labute approximate surface area is 140 Å². The number of nitrogens with zero attached hydrogens (tertiary/aromatic N) is 5. The van der Waals surface area contributed by atoms with E-state index in [1.165, 1.54) is 29.6 Å². The first-order valence-electron chi connectivity index (χ1n) is 7.47. The Kier molecular flexibility index (Phi) is 3.68. The molecule has 9 heteroatoms. The van der Waals surface area contributed by atoms with E-state index in [9.17, 15) is 13.6 Å². The molecule has 0 N–H and O–H groups in total. The number of halogens is 2. The van der Waals surface area contributed by atoms with Gasteiger partial charge in [0, 0.05) is 25.5 Å². The van der Waals surface area contributed by atoms with Crippen LogP contribution in [0, 0.1) is 11.6 Å². The SMILES string of the molecule is O=C(c1c(F)cccc1F)N1CC(c2nc(-c3cnccn3)no2)C1. The molecule has 0 radical (unpaired) electrons. The molecule has 1 fully saturated rings. The number of carbonyl (C=O) groups excluding carboxylic acids is 1. The lowest BCUT2D eigenvalue weighted by atomic mass is 9.98. The highest BCUT2D eigenvalue weighted by molar-refractivity contribution is 5.95. The molecular weight excluding hydrogens is 332 g/mol. The second kappa shape index (κ2) is 6.00. The predicted molar refractivity (Wildman–Crippen MR) is 80.3 cm³/mol. The van der Waals surface area contributed by atoms with E-state index >= 15 is 0 Å². The number of aromatic nitrogens is 4. The van der Waals surface area contributed by atoms with Crippen molar-refractivity contribution < 1.29 is 18.1 Å². The molecule has 0 unspecified atom stereocenters. The van der Waals surface area contributed by atoms with Gasteiger partial charge in [-0.2, -0.15) is 4.98 Å². The van der Waals surface area contributed by atoms with E-state index in [-0.39, 0.29) is 19.0 Å². The minimum atomic E-state index is -0.879. The van der Waals surface area contributed by atoms with Crippen LogP contribution in [-0.2, 0) is 0 Å². The first-order valence-corrected chi connectivity index (χ1v) is 7.47. The fourth-order valence-electron chi connectivity index (χ4n) is 2.58. The van der Waals surface area contributed by atoms with Crippen LogP contribution in [0.2, 0.25) is 0 Å². The van der Waals surface area contributed by atoms with Gasteiger partial charge in [0.15, 0.2) is 0 Å². The Morgan fingerprint density at radius 3 is 2.64 bits per heavy atom. The molecule has 1 aliphatic heterocycles. The minimum Gasteiger partial charge on any atom is -0.338 e. The third kappa shape index (κ3) is 2.73. The number of rotatable bonds is 3. The maximum absolute atomic E-state index is 13.7. The van der Waals surface area contributed by atoms with Gasteiger partial charge in [-0.05, 0) is 12.1 Å². The molecule has 0 spiro atoms. The molecule has 1 amide bonds. The molecule has 126 valence electrons. The van der Waals surface area contributed by atoms with Crippen LogP contribution in [-0.4, -0.2) is 44.0 Å². The van der Waals surface area contributed by atoms with Gasteiger partial charge in [-0.15, -0.1) is 0 Å². The zero-order chi connectivity index (χ0) is 17.4. The number of benzene rings is 1. The van der Waals surface area contributed by atoms with Gasteiger partial charge in [-0.3, -0.25) is 9.78 Å². The fraction of sp³-hybridized carbons (Fsp3) is 0.188. The molecule has 0 atom stereocenters. The van der Waals surface area contributed by atoms with Crippen molar-refractivity contribution in [2.24, 2.45) is 0 Å². The summed E-state index contributed by atoms with van der Waals surface area (Å²) in [5.74, 6) is -1.99. The third-order valence-corrected chi connectivity index (χ3v) is 3.93. The number of hydrogen-bond donors (Lipinski definition) is 0. The Bertz CT molecular complexity index is 905. The smallest absolute Gasteiger partial charge is 0.259 e. The zero-order valence-corrected chi connectivity index (χ0v) is 12.8. The van der Waals surface area contributed by atoms with Gasteiger partial charge in [0.05, 0.1) is 12.1 Å². The summed E-state index contributed by atoms with van der Waals surface area (Å²) in [5.41, 5.74) is -0.0788. The number of likely N-dealkylation sites (tertiary alicyclic amines) is 1. The van der Waals surface area contributed by atoms with Crippen LogP contribution in [0.15, 0.2) is 41.3 Å². The number of amides is 1. The van der Waals surface area contributed by atoms with Gasteiger partial charge < -0.3 is 9.42 Å². The van der Waals surface area contributed by atoms with E-state index in [1.807, 2.05) is 0 Å². The van der Waals surface area contributed by atoms with E-state index < -0.39 is 23.1 Å². The molecule has 0 saturated carbocycles. The molecule has 1 aliphatic rings. The molecule has 0 bridgehead atoms. The summed E-state index contributed by atoms with van der Waals surface area (Å²) < 4.78 is 32.6. The molecule has 4 rings (SSSR count). The average Bonchev–Trinajstić information content (AvgIpc) is 3.04. The van der Waals surface area contributed by atoms with Crippen LogP contribution in [0.25, 0.3) is 11.5 Å². The van der Waals surface area contributed by atoms with Gasteiger partial charge >= 0.3 is 0 Å². The third-order valence-electron chi connectivity index (χ3n) is 3.93. The van der Waals surface area contributed by atoms with Crippen LogP contribution in [0.5, 0.6) is 0 Å². The standard InChI is InChI=1S/C16H11F2N5O2/c17-10-2-1-3-11(18)13(10)16(24)23-7-9(8-23)15-21-14(22-25-15)12-6-19-4-5-20-12/h1-6,9H,7-8H2. The normalized spacial score (nSPS) is 14.4. The minimum absolute atomic E-state index is 0.184. The second-order valence-electron chi connectivity index (χ2n) is 5.55. The number of carbonyl (C=O) groups is 1. The monoisotopic (exact) mass is 343 g/mol. The van der Waals surface area contributed by atoms with E-state index in [2.05, 4.69) is 20.1 Å². The van der Waals surface area contributed by atoms with Crippen molar-refractivity contribution in [3.05, 3.63) is 59.9 Å².